The highest BCUT2D eigenvalue weighted by molar-refractivity contribution is 5.94. The van der Waals surface area contributed by atoms with Crippen LogP contribution in [0.25, 0.3) is 5.69 Å². The van der Waals surface area contributed by atoms with Crippen LogP contribution in [0.4, 0.5) is 0 Å². The van der Waals surface area contributed by atoms with Gasteiger partial charge in [0.15, 0.2) is 0 Å². The van der Waals surface area contributed by atoms with Crippen LogP contribution in [0.5, 0.6) is 0 Å². The Labute approximate surface area is 128 Å². The van der Waals surface area contributed by atoms with Gasteiger partial charge in [-0.15, -0.1) is 0 Å². The molecule has 1 aliphatic rings. The molecule has 3 heterocycles. The van der Waals surface area contributed by atoms with E-state index in [1.54, 1.807) is 6.20 Å². The van der Waals surface area contributed by atoms with Gasteiger partial charge in [0.05, 0.1) is 12.2 Å². The number of carbonyl (C=O) groups excluding carboxylic acids is 1. The van der Waals surface area contributed by atoms with Crippen LogP contribution in [0.3, 0.4) is 0 Å². The Morgan fingerprint density at radius 3 is 2.45 bits per heavy atom. The molecular weight excluding hydrogens is 274 g/mol. The maximum atomic E-state index is 12.6. The first-order valence-corrected chi connectivity index (χ1v) is 7.27. The van der Waals surface area contributed by atoms with Crippen LogP contribution in [0.2, 0.25) is 0 Å². The van der Waals surface area contributed by atoms with Crippen LogP contribution >= 0.6 is 0 Å². The Balaban J connectivity index is 1.54. The molecule has 3 aromatic rings. The smallest absolute Gasteiger partial charge is 0.254 e. The van der Waals surface area contributed by atoms with Crippen molar-refractivity contribution in [2.24, 2.45) is 0 Å². The van der Waals surface area contributed by atoms with Crippen LogP contribution in [0.1, 0.15) is 21.6 Å². The topological polar surface area (TPSA) is 38.1 Å². The molecule has 0 radical (unpaired) electrons. The van der Waals surface area contributed by atoms with Crippen molar-refractivity contribution in [1.29, 1.82) is 0 Å². The first-order chi connectivity index (χ1) is 10.8. The van der Waals surface area contributed by atoms with Gasteiger partial charge in [-0.05, 0) is 48.0 Å². The molecule has 22 heavy (non-hydrogen) atoms. The standard InChI is InChI=1S/C18H15N3O/c22-18(21-12-15-4-3-9-19-17(15)13-21)14-5-7-16(8-6-14)20-10-1-2-11-20/h1-11H,12-13H2. The molecule has 0 N–H and O–H groups in total. The highest BCUT2D eigenvalue weighted by Gasteiger charge is 2.24. The molecule has 1 aliphatic heterocycles. The molecule has 4 rings (SSSR count). The van der Waals surface area contributed by atoms with E-state index >= 15 is 0 Å². The van der Waals surface area contributed by atoms with Gasteiger partial charge in [-0.25, -0.2) is 0 Å². The van der Waals surface area contributed by atoms with E-state index in [9.17, 15) is 4.79 Å². The van der Waals surface area contributed by atoms with Gasteiger partial charge in [0, 0.05) is 36.4 Å². The molecule has 0 saturated carbocycles. The average molecular weight is 289 g/mol. The molecule has 1 aromatic carbocycles. The molecule has 0 spiro atoms. The lowest BCUT2D eigenvalue weighted by molar-refractivity contribution is 0.0750. The van der Waals surface area contributed by atoms with E-state index in [0.717, 1.165) is 16.9 Å². The fourth-order valence-electron chi connectivity index (χ4n) is 2.81. The second-order valence-electron chi connectivity index (χ2n) is 5.41. The molecule has 0 saturated heterocycles. The third-order valence-corrected chi connectivity index (χ3v) is 3.99. The number of hydrogen-bond donors (Lipinski definition) is 0. The molecule has 1 amide bonds. The number of aromatic nitrogens is 2. The van der Waals surface area contributed by atoms with Crippen molar-refractivity contribution >= 4 is 5.91 Å². The summed E-state index contributed by atoms with van der Waals surface area (Å²) in [5.41, 5.74) is 3.90. The Bertz CT molecular complexity index is 782. The lowest BCUT2D eigenvalue weighted by atomic mass is 10.2. The summed E-state index contributed by atoms with van der Waals surface area (Å²) >= 11 is 0. The molecule has 4 nitrogen and oxygen atoms in total. The van der Waals surface area contributed by atoms with E-state index in [1.807, 2.05) is 70.4 Å². The van der Waals surface area contributed by atoms with Crippen LogP contribution in [-0.2, 0) is 13.1 Å². The van der Waals surface area contributed by atoms with Crippen LogP contribution in [-0.4, -0.2) is 20.4 Å². The number of fused-ring (bicyclic) bond motifs is 1. The van der Waals surface area contributed by atoms with Gasteiger partial charge in [0.25, 0.3) is 5.91 Å². The molecular formula is C18H15N3O. The number of carbonyl (C=O) groups is 1. The third-order valence-electron chi connectivity index (χ3n) is 3.99. The number of pyridine rings is 1. The molecule has 0 bridgehead atoms. The zero-order valence-electron chi connectivity index (χ0n) is 12.0. The fourth-order valence-corrected chi connectivity index (χ4v) is 2.81. The maximum absolute atomic E-state index is 12.6. The van der Waals surface area contributed by atoms with Crippen molar-refractivity contribution in [3.8, 4) is 5.69 Å². The SMILES string of the molecule is O=C(c1ccc(-n2cccc2)cc1)N1Cc2cccnc2C1. The molecule has 0 aliphatic carbocycles. The molecule has 4 heteroatoms. The van der Waals surface area contributed by atoms with E-state index in [4.69, 9.17) is 0 Å². The first kappa shape index (κ1) is 12.8. The molecule has 2 aromatic heterocycles. The minimum absolute atomic E-state index is 0.0528. The highest BCUT2D eigenvalue weighted by atomic mass is 16.2. The van der Waals surface area contributed by atoms with Gasteiger partial charge in [-0.1, -0.05) is 6.07 Å². The van der Waals surface area contributed by atoms with Crippen molar-refractivity contribution in [3.63, 3.8) is 0 Å². The average Bonchev–Trinajstić information content (AvgIpc) is 3.23. The summed E-state index contributed by atoms with van der Waals surface area (Å²) in [6.45, 7) is 1.23. The van der Waals surface area contributed by atoms with Crippen LogP contribution in [0.15, 0.2) is 67.1 Å². The Hall–Kier alpha value is -2.88. The zero-order chi connectivity index (χ0) is 14.9. The zero-order valence-corrected chi connectivity index (χ0v) is 12.0. The lowest BCUT2D eigenvalue weighted by Crippen LogP contribution is -2.25. The third kappa shape index (κ3) is 2.19. The number of benzene rings is 1. The quantitative estimate of drug-likeness (QED) is 0.727. The predicted molar refractivity (Wildman–Crippen MR) is 83.6 cm³/mol. The van der Waals surface area contributed by atoms with Gasteiger partial charge < -0.3 is 9.47 Å². The second kappa shape index (κ2) is 5.15. The largest absolute Gasteiger partial charge is 0.328 e. The Kier molecular flexibility index (Phi) is 3.00. The number of hydrogen-bond acceptors (Lipinski definition) is 2. The van der Waals surface area contributed by atoms with Gasteiger partial charge in [-0.3, -0.25) is 9.78 Å². The predicted octanol–water partition coefficient (Wildman–Crippen LogP) is 3.03. The maximum Gasteiger partial charge on any atom is 0.254 e. The molecule has 0 fully saturated rings. The van der Waals surface area contributed by atoms with Gasteiger partial charge >= 0.3 is 0 Å². The highest BCUT2D eigenvalue weighted by Crippen LogP contribution is 2.22. The first-order valence-electron chi connectivity index (χ1n) is 7.27. The number of amides is 1. The summed E-state index contributed by atoms with van der Waals surface area (Å²) < 4.78 is 2.02. The summed E-state index contributed by atoms with van der Waals surface area (Å²) in [5.74, 6) is 0.0528. The summed E-state index contributed by atoms with van der Waals surface area (Å²) in [5, 5.41) is 0. The summed E-state index contributed by atoms with van der Waals surface area (Å²) in [6.07, 6.45) is 5.75. The van der Waals surface area contributed by atoms with Crippen LogP contribution in [0, 0.1) is 0 Å². The lowest BCUT2D eigenvalue weighted by Gasteiger charge is -2.15. The summed E-state index contributed by atoms with van der Waals surface area (Å²) in [7, 11) is 0. The monoisotopic (exact) mass is 289 g/mol. The molecule has 0 unspecified atom stereocenters. The fraction of sp³-hybridized carbons (Fsp3) is 0.111. The minimum Gasteiger partial charge on any atom is -0.328 e. The summed E-state index contributed by atoms with van der Waals surface area (Å²) in [4.78, 5) is 18.8. The minimum atomic E-state index is 0.0528. The van der Waals surface area contributed by atoms with E-state index in [0.29, 0.717) is 18.7 Å². The van der Waals surface area contributed by atoms with Gasteiger partial charge in [0.1, 0.15) is 0 Å². The second-order valence-corrected chi connectivity index (χ2v) is 5.41. The Morgan fingerprint density at radius 2 is 1.73 bits per heavy atom. The van der Waals surface area contributed by atoms with Gasteiger partial charge in [0.2, 0.25) is 0 Å². The normalized spacial score (nSPS) is 13.2. The van der Waals surface area contributed by atoms with Crippen molar-refractivity contribution in [3.05, 3.63) is 83.9 Å². The van der Waals surface area contributed by atoms with Crippen molar-refractivity contribution in [1.82, 2.24) is 14.5 Å². The number of nitrogens with zero attached hydrogens (tertiary/aromatic N) is 3. The number of rotatable bonds is 2. The molecule has 0 atom stereocenters. The Morgan fingerprint density at radius 1 is 0.955 bits per heavy atom. The summed E-state index contributed by atoms with van der Waals surface area (Å²) in [6, 6.07) is 15.6. The van der Waals surface area contributed by atoms with Crippen molar-refractivity contribution in [2.45, 2.75) is 13.1 Å². The van der Waals surface area contributed by atoms with Gasteiger partial charge in [-0.2, -0.15) is 0 Å². The van der Waals surface area contributed by atoms with Crippen LogP contribution < -0.4 is 0 Å². The van der Waals surface area contributed by atoms with Crippen molar-refractivity contribution < 1.29 is 4.79 Å². The van der Waals surface area contributed by atoms with E-state index < -0.39 is 0 Å². The van der Waals surface area contributed by atoms with Crippen molar-refractivity contribution in [2.75, 3.05) is 0 Å². The molecule has 108 valence electrons. The van der Waals surface area contributed by atoms with E-state index in [1.165, 1.54) is 0 Å². The van der Waals surface area contributed by atoms with E-state index in [-0.39, 0.29) is 5.91 Å². The van der Waals surface area contributed by atoms with E-state index in [2.05, 4.69) is 4.98 Å².